The molecule has 1 spiro atoms. The van der Waals surface area contributed by atoms with E-state index in [9.17, 15) is 4.79 Å². The van der Waals surface area contributed by atoms with Crippen LogP contribution in [-0.4, -0.2) is 63.7 Å². The number of imidazole rings is 1. The first-order valence-electron chi connectivity index (χ1n) is 11.2. The maximum atomic E-state index is 13.5. The Morgan fingerprint density at radius 3 is 2.66 bits per heavy atom. The Kier molecular flexibility index (Phi) is 5.43. The lowest BCUT2D eigenvalue weighted by atomic mass is 9.88. The maximum Gasteiger partial charge on any atom is 0.254 e. The third kappa shape index (κ3) is 3.77. The summed E-state index contributed by atoms with van der Waals surface area (Å²) in [5.74, 6) is 0.873. The number of carbonyl (C=O) groups is 1. The number of anilines is 1. The van der Waals surface area contributed by atoms with Crippen molar-refractivity contribution in [2.75, 3.05) is 37.7 Å². The number of likely N-dealkylation sites (tertiary alicyclic amines) is 1. The smallest absolute Gasteiger partial charge is 0.254 e. The third-order valence-electron chi connectivity index (χ3n) is 6.76. The number of aromatic nitrogens is 3. The van der Waals surface area contributed by atoms with Gasteiger partial charge in [-0.05, 0) is 37.5 Å². The van der Waals surface area contributed by atoms with Crippen molar-refractivity contribution in [3.63, 3.8) is 0 Å². The monoisotopic (exact) mass is 431 g/mol. The second-order valence-corrected chi connectivity index (χ2v) is 8.81. The summed E-state index contributed by atoms with van der Waals surface area (Å²) in [7, 11) is 1.95. The van der Waals surface area contributed by atoms with Crippen LogP contribution in [0.2, 0.25) is 0 Å². The summed E-state index contributed by atoms with van der Waals surface area (Å²) in [6.45, 7) is 5.92. The number of carbonyl (C=O) groups excluding carboxylic acids is 1. The van der Waals surface area contributed by atoms with Gasteiger partial charge in [0.25, 0.3) is 5.91 Å². The molecule has 3 aromatic rings. The Balaban J connectivity index is 1.31. The van der Waals surface area contributed by atoms with E-state index in [2.05, 4.69) is 27.9 Å². The van der Waals surface area contributed by atoms with Gasteiger partial charge in [-0.15, -0.1) is 0 Å². The molecule has 2 saturated heterocycles. The Bertz CT molecular complexity index is 1120. The maximum absolute atomic E-state index is 13.5. The second kappa shape index (κ2) is 8.39. The molecule has 7 nitrogen and oxygen atoms in total. The predicted octanol–water partition coefficient (Wildman–Crippen LogP) is 3.30. The summed E-state index contributed by atoms with van der Waals surface area (Å²) in [6.07, 6.45) is 9.10. The number of hydrogen-bond acceptors (Lipinski definition) is 5. The van der Waals surface area contributed by atoms with Gasteiger partial charge in [0.05, 0.1) is 17.8 Å². The molecule has 166 valence electrons. The Labute approximate surface area is 188 Å². The molecule has 0 bridgehead atoms. The number of benzene rings is 1. The van der Waals surface area contributed by atoms with Gasteiger partial charge < -0.3 is 19.1 Å². The number of aryl methyl sites for hydroxylation is 2. The average Bonchev–Trinajstić information content (AvgIpc) is 3.25. The van der Waals surface area contributed by atoms with Gasteiger partial charge in [-0.2, -0.15) is 0 Å². The summed E-state index contributed by atoms with van der Waals surface area (Å²) in [5.41, 5.74) is 3.78. The molecule has 2 fully saturated rings. The SMILES string of the molecule is Cc1cnccc1N1CCOC2(CCN(C(=O)c3ccccc3-c3nccn3C)CC2)C1. The van der Waals surface area contributed by atoms with Crippen molar-refractivity contribution in [3.8, 4) is 11.4 Å². The van der Waals surface area contributed by atoms with Crippen LogP contribution >= 0.6 is 0 Å². The molecule has 1 aromatic carbocycles. The number of rotatable bonds is 3. The first-order valence-corrected chi connectivity index (χ1v) is 11.2. The van der Waals surface area contributed by atoms with Gasteiger partial charge >= 0.3 is 0 Å². The van der Waals surface area contributed by atoms with E-state index in [0.29, 0.717) is 25.3 Å². The number of piperidine rings is 1. The van der Waals surface area contributed by atoms with Gasteiger partial charge in [-0.1, -0.05) is 18.2 Å². The highest BCUT2D eigenvalue weighted by molar-refractivity contribution is 6.00. The van der Waals surface area contributed by atoms with Crippen LogP contribution in [0.1, 0.15) is 28.8 Å². The lowest BCUT2D eigenvalue weighted by Gasteiger charge is -2.48. The minimum atomic E-state index is -0.204. The van der Waals surface area contributed by atoms with Crippen molar-refractivity contribution in [2.24, 2.45) is 7.05 Å². The van der Waals surface area contributed by atoms with E-state index in [1.54, 1.807) is 6.20 Å². The van der Waals surface area contributed by atoms with Crippen LogP contribution in [0.4, 0.5) is 5.69 Å². The van der Waals surface area contributed by atoms with E-state index < -0.39 is 0 Å². The molecule has 2 aliphatic rings. The average molecular weight is 432 g/mol. The highest BCUT2D eigenvalue weighted by Crippen LogP contribution is 2.34. The number of pyridine rings is 1. The van der Waals surface area contributed by atoms with Crippen molar-refractivity contribution >= 4 is 11.6 Å². The number of nitrogens with zero attached hydrogens (tertiary/aromatic N) is 5. The molecule has 7 heteroatoms. The van der Waals surface area contributed by atoms with Crippen molar-refractivity contribution in [1.82, 2.24) is 19.4 Å². The summed E-state index contributed by atoms with van der Waals surface area (Å²) >= 11 is 0. The number of amides is 1. The van der Waals surface area contributed by atoms with E-state index in [4.69, 9.17) is 4.74 Å². The molecule has 2 aromatic heterocycles. The lowest BCUT2D eigenvalue weighted by Crippen LogP contribution is -2.57. The van der Waals surface area contributed by atoms with Crippen LogP contribution in [0.25, 0.3) is 11.4 Å². The fourth-order valence-corrected chi connectivity index (χ4v) is 4.95. The zero-order valence-electron chi connectivity index (χ0n) is 18.7. The number of ether oxygens (including phenoxy) is 1. The molecule has 32 heavy (non-hydrogen) atoms. The van der Waals surface area contributed by atoms with E-state index in [-0.39, 0.29) is 11.5 Å². The lowest BCUT2D eigenvalue weighted by molar-refractivity contribution is -0.0868. The van der Waals surface area contributed by atoms with Crippen molar-refractivity contribution in [1.29, 1.82) is 0 Å². The molecule has 2 aliphatic heterocycles. The molecule has 4 heterocycles. The van der Waals surface area contributed by atoms with Crippen LogP contribution in [-0.2, 0) is 11.8 Å². The van der Waals surface area contributed by atoms with E-state index in [0.717, 1.165) is 37.3 Å². The van der Waals surface area contributed by atoms with Gasteiger partial charge in [-0.25, -0.2) is 4.98 Å². The van der Waals surface area contributed by atoms with Crippen LogP contribution in [0.5, 0.6) is 0 Å². The Hall–Kier alpha value is -3.19. The highest BCUT2D eigenvalue weighted by Gasteiger charge is 2.41. The normalized spacial score (nSPS) is 18.2. The molecular formula is C25H29N5O2. The van der Waals surface area contributed by atoms with Gasteiger partial charge in [0, 0.05) is 69.3 Å². The summed E-state index contributed by atoms with van der Waals surface area (Å²) < 4.78 is 8.27. The Morgan fingerprint density at radius 1 is 1.09 bits per heavy atom. The quantitative estimate of drug-likeness (QED) is 0.637. The highest BCUT2D eigenvalue weighted by atomic mass is 16.5. The summed E-state index contributed by atoms with van der Waals surface area (Å²) in [6, 6.07) is 9.84. The van der Waals surface area contributed by atoms with Gasteiger partial charge in [0.1, 0.15) is 5.82 Å². The molecule has 0 saturated carbocycles. The molecule has 1 amide bonds. The fraction of sp³-hybridized carbons (Fsp3) is 0.400. The summed E-state index contributed by atoms with van der Waals surface area (Å²) in [5, 5.41) is 0. The number of morpholine rings is 1. The second-order valence-electron chi connectivity index (χ2n) is 8.81. The van der Waals surface area contributed by atoms with E-state index >= 15 is 0 Å². The minimum absolute atomic E-state index is 0.0658. The van der Waals surface area contributed by atoms with Gasteiger partial charge in [0.2, 0.25) is 0 Å². The first kappa shape index (κ1) is 20.7. The minimum Gasteiger partial charge on any atom is -0.371 e. The largest absolute Gasteiger partial charge is 0.371 e. The van der Waals surface area contributed by atoms with Gasteiger partial charge in [0.15, 0.2) is 0 Å². The Morgan fingerprint density at radius 2 is 1.91 bits per heavy atom. The van der Waals surface area contributed by atoms with E-state index in [1.165, 1.54) is 11.3 Å². The zero-order chi connectivity index (χ0) is 22.1. The zero-order valence-corrected chi connectivity index (χ0v) is 18.7. The van der Waals surface area contributed by atoms with Crippen LogP contribution in [0.15, 0.2) is 55.1 Å². The van der Waals surface area contributed by atoms with Crippen LogP contribution < -0.4 is 4.90 Å². The molecule has 0 atom stereocenters. The predicted molar refractivity (Wildman–Crippen MR) is 124 cm³/mol. The van der Waals surface area contributed by atoms with Crippen molar-refractivity contribution < 1.29 is 9.53 Å². The standard InChI is InChI=1S/C25H29N5O2/c1-19-17-26-10-7-22(19)30-15-16-32-25(18-30)8-12-29(13-9-25)24(31)21-6-4-3-5-20(21)23-27-11-14-28(23)2/h3-7,10-11,14,17H,8-9,12-13,15-16,18H2,1-2H3. The first-order chi connectivity index (χ1) is 15.6. The molecule has 0 unspecified atom stereocenters. The third-order valence-corrected chi connectivity index (χ3v) is 6.76. The van der Waals surface area contributed by atoms with Crippen molar-refractivity contribution in [2.45, 2.75) is 25.4 Å². The molecule has 0 radical (unpaired) electrons. The van der Waals surface area contributed by atoms with Crippen LogP contribution in [0, 0.1) is 6.92 Å². The molecular weight excluding hydrogens is 402 g/mol. The molecule has 0 aliphatic carbocycles. The van der Waals surface area contributed by atoms with E-state index in [1.807, 2.05) is 59.4 Å². The number of hydrogen-bond donors (Lipinski definition) is 0. The fourth-order valence-electron chi connectivity index (χ4n) is 4.95. The van der Waals surface area contributed by atoms with Crippen molar-refractivity contribution in [3.05, 3.63) is 66.2 Å². The molecule has 0 N–H and O–H groups in total. The molecule has 5 rings (SSSR count). The summed E-state index contributed by atoms with van der Waals surface area (Å²) in [4.78, 5) is 26.5. The van der Waals surface area contributed by atoms with Crippen LogP contribution in [0.3, 0.4) is 0 Å². The topological polar surface area (TPSA) is 63.5 Å². The van der Waals surface area contributed by atoms with Gasteiger partial charge in [-0.3, -0.25) is 9.78 Å².